The summed E-state index contributed by atoms with van der Waals surface area (Å²) in [5.74, 6) is 2.23. The largest absolute Gasteiger partial charge is 0.385 e. The molecule has 5 heteroatoms. The summed E-state index contributed by atoms with van der Waals surface area (Å²) in [6.45, 7) is 3.31. The fraction of sp³-hybridized carbons (Fsp3) is 0.533. The van der Waals surface area contributed by atoms with Gasteiger partial charge in [0.25, 0.3) is 5.91 Å². The van der Waals surface area contributed by atoms with Crippen molar-refractivity contribution in [1.82, 2.24) is 4.90 Å². The molecule has 0 unspecified atom stereocenters. The molecular formula is C15H22N2O2S. The van der Waals surface area contributed by atoms with Crippen molar-refractivity contribution in [3.63, 3.8) is 0 Å². The van der Waals surface area contributed by atoms with Gasteiger partial charge in [-0.25, -0.2) is 0 Å². The van der Waals surface area contributed by atoms with E-state index in [1.807, 2.05) is 40.9 Å². The monoisotopic (exact) mass is 294 g/mol. The van der Waals surface area contributed by atoms with Crippen LogP contribution in [0.15, 0.2) is 24.3 Å². The molecule has 1 N–H and O–H groups in total. The summed E-state index contributed by atoms with van der Waals surface area (Å²) in [6, 6.07) is 7.77. The Balaban J connectivity index is 1.92. The van der Waals surface area contributed by atoms with Gasteiger partial charge in [-0.1, -0.05) is 6.07 Å². The lowest BCUT2D eigenvalue weighted by Crippen LogP contribution is -2.37. The number of amides is 1. The second-order valence-corrected chi connectivity index (χ2v) is 5.98. The Labute approximate surface area is 124 Å². The minimum Gasteiger partial charge on any atom is -0.385 e. The number of anilines is 1. The van der Waals surface area contributed by atoms with Crippen molar-refractivity contribution in [2.75, 3.05) is 50.2 Å². The van der Waals surface area contributed by atoms with Crippen molar-refractivity contribution < 1.29 is 9.53 Å². The van der Waals surface area contributed by atoms with Crippen molar-refractivity contribution >= 4 is 23.4 Å². The van der Waals surface area contributed by atoms with Crippen LogP contribution in [-0.2, 0) is 4.74 Å². The second kappa shape index (κ2) is 8.17. The minimum absolute atomic E-state index is 0.144. The molecule has 1 saturated heterocycles. The third kappa shape index (κ3) is 4.42. The third-order valence-corrected chi connectivity index (χ3v) is 4.20. The van der Waals surface area contributed by atoms with Gasteiger partial charge >= 0.3 is 0 Å². The van der Waals surface area contributed by atoms with Gasteiger partial charge in [-0.15, -0.1) is 0 Å². The summed E-state index contributed by atoms with van der Waals surface area (Å²) in [6.07, 6.45) is 0.956. The molecule has 1 amide bonds. The van der Waals surface area contributed by atoms with Crippen LogP contribution in [0.3, 0.4) is 0 Å². The zero-order chi connectivity index (χ0) is 14.2. The molecule has 0 aromatic heterocycles. The van der Waals surface area contributed by atoms with E-state index in [0.29, 0.717) is 0 Å². The number of rotatable bonds is 6. The quantitative estimate of drug-likeness (QED) is 0.818. The lowest BCUT2D eigenvalue weighted by atomic mass is 10.1. The molecule has 1 aliphatic rings. The first-order valence-electron chi connectivity index (χ1n) is 7.01. The highest BCUT2D eigenvalue weighted by molar-refractivity contribution is 7.99. The molecule has 1 aromatic rings. The van der Waals surface area contributed by atoms with Gasteiger partial charge in [0.15, 0.2) is 0 Å². The van der Waals surface area contributed by atoms with Gasteiger partial charge in [0.05, 0.1) is 0 Å². The van der Waals surface area contributed by atoms with Gasteiger partial charge in [0.2, 0.25) is 0 Å². The number of nitrogens with one attached hydrogen (secondary N) is 1. The Morgan fingerprint density at radius 3 is 2.95 bits per heavy atom. The molecule has 1 fully saturated rings. The van der Waals surface area contributed by atoms with Gasteiger partial charge in [-0.3, -0.25) is 4.79 Å². The van der Waals surface area contributed by atoms with Gasteiger partial charge in [-0.05, 0) is 24.6 Å². The fourth-order valence-electron chi connectivity index (χ4n) is 2.16. The normalized spacial score (nSPS) is 15.2. The van der Waals surface area contributed by atoms with Gasteiger partial charge in [-0.2, -0.15) is 11.8 Å². The summed E-state index contributed by atoms with van der Waals surface area (Å²) < 4.78 is 5.02. The Morgan fingerprint density at radius 2 is 2.20 bits per heavy atom. The SMILES string of the molecule is COCCCNc1cccc(C(=O)N2CCSCC2)c1. The highest BCUT2D eigenvalue weighted by Gasteiger charge is 2.18. The maximum Gasteiger partial charge on any atom is 0.253 e. The lowest BCUT2D eigenvalue weighted by molar-refractivity contribution is 0.0772. The van der Waals surface area contributed by atoms with Crippen LogP contribution < -0.4 is 5.32 Å². The van der Waals surface area contributed by atoms with E-state index in [0.717, 1.165) is 55.4 Å². The summed E-state index contributed by atoms with van der Waals surface area (Å²) in [4.78, 5) is 14.3. The molecule has 0 atom stereocenters. The molecule has 1 heterocycles. The number of carbonyl (C=O) groups is 1. The number of carbonyl (C=O) groups excluding carboxylic acids is 1. The van der Waals surface area contributed by atoms with E-state index in [4.69, 9.17) is 4.74 Å². The maximum absolute atomic E-state index is 12.4. The number of ether oxygens (including phenoxy) is 1. The van der Waals surface area contributed by atoms with Crippen molar-refractivity contribution in [3.05, 3.63) is 29.8 Å². The van der Waals surface area contributed by atoms with E-state index in [2.05, 4.69) is 5.32 Å². The Morgan fingerprint density at radius 1 is 1.40 bits per heavy atom. The van der Waals surface area contributed by atoms with Crippen molar-refractivity contribution in [2.45, 2.75) is 6.42 Å². The number of nitrogens with zero attached hydrogens (tertiary/aromatic N) is 1. The third-order valence-electron chi connectivity index (χ3n) is 3.26. The number of hydrogen-bond donors (Lipinski definition) is 1. The lowest BCUT2D eigenvalue weighted by Gasteiger charge is -2.26. The number of methoxy groups -OCH3 is 1. The smallest absolute Gasteiger partial charge is 0.253 e. The van der Waals surface area contributed by atoms with Crippen LogP contribution in [0.5, 0.6) is 0 Å². The van der Waals surface area contributed by atoms with Crippen LogP contribution in [0.2, 0.25) is 0 Å². The second-order valence-electron chi connectivity index (χ2n) is 4.76. The predicted molar refractivity (Wildman–Crippen MR) is 84.7 cm³/mol. The van der Waals surface area contributed by atoms with Gasteiger partial charge in [0.1, 0.15) is 0 Å². The van der Waals surface area contributed by atoms with E-state index >= 15 is 0 Å². The average Bonchev–Trinajstić information content (AvgIpc) is 2.52. The first-order chi connectivity index (χ1) is 9.81. The summed E-state index contributed by atoms with van der Waals surface area (Å²) in [5, 5.41) is 3.32. The zero-order valence-electron chi connectivity index (χ0n) is 11.9. The molecule has 2 rings (SSSR count). The number of thioether (sulfide) groups is 1. The highest BCUT2D eigenvalue weighted by atomic mass is 32.2. The van der Waals surface area contributed by atoms with Gasteiger partial charge in [0, 0.05) is 56.1 Å². The Bertz CT molecular complexity index is 434. The Kier molecular flexibility index (Phi) is 6.21. The van der Waals surface area contributed by atoms with Crippen LogP contribution in [-0.4, -0.2) is 55.7 Å². The molecule has 1 aliphatic heterocycles. The maximum atomic E-state index is 12.4. The zero-order valence-corrected chi connectivity index (χ0v) is 12.7. The first-order valence-corrected chi connectivity index (χ1v) is 8.16. The molecule has 0 spiro atoms. The first kappa shape index (κ1) is 15.2. The number of hydrogen-bond acceptors (Lipinski definition) is 4. The molecule has 20 heavy (non-hydrogen) atoms. The average molecular weight is 294 g/mol. The highest BCUT2D eigenvalue weighted by Crippen LogP contribution is 2.16. The van der Waals surface area contributed by atoms with Crippen molar-refractivity contribution in [3.8, 4) is 0 Å². The number of benzene rings is 1. The predicted octanol–water partition coefficient (Wildman–Crippen LogP) is 2.32. The van der Waals surface area contributed by atoms with E-state index in [1.54, 1.807) is 7.11 Å². The Hall–Kier alpha value is -1.20. The molecule has 0 saturated carbocycles. The standard InChI is InChI=1S/C15H22N2O2S/c1-19-9-3-6-16-14-5-2-4-13(12-14)15(18)17-7-10-20-11-8-17/h2,4-5,12,16H,3,6-11H2,1H3. The molecule has 0 aliphatic carbocycles. The van der Waals surface area contributed by atoms with E-state index in [1.165, 1.54) is 0 Å². The van der Waals surface area contributed by atoms with Gasteiger partial charge < -0.3 is 15.0 Å². The molecule has 1 aromatic carbocycles. The molecule has 110 valence electrons. The topological polar surface area (TPSA) is 41.6 Å². The minimum atomic E-state index is 0.144. The molecule has 0 radical (unpaired) electrons. The van der Waals surface area contributed by atoms with Crippen LogP contribution >= 0.6 is 11.8 Å². The summed E-state index contributed by atoms with van der Waals surface area (Å²) in [7, 11) is 1.70. The van der Waals surface area contributed by atoms with Crippen LogP contribution in [0.1, 0.15) is 16.8 Å². The van der Waals surface area contributed by atoms with Crippen molar-refractivity contribution in [1.29, 1.82) is 0 Å². The van der Waals surface area contributed by atoms with Crippen LogP contribution in [0, 0.1) is 0 Å². The fourth-order valence-corrected chi connectivity index (χ4v) is 3.06. The van der Waals surface area contributed by atoms with E-state index < -0.39 is 0 Å². The summed E-state index contributed by atoms with van der Waals surface area (Å²) in [5.41, 5.74) is 1.77. The van der Waals surface area contributed by atoms with Crippen molar-refractivity contribution in [2.24, 2.45) is 0 Å². The molecule has 4 nitrogen and oxygen atoms in total. The van der Waals surface area contributed by atoms with Crippen LogP contribution in [0.25, 0.3) is 0 Å². The summed E-state index contributed by atoms with van der Waals surface area (Å²) >= 11 is 1.91. The van der Waals surface area contributed by atoms with Crippen LogP contribution in [0.4, 0.5) is 5.69 Å². The molecular weight excluding hydrogens is 272 g/mol. The molecule has 0 bridgehead atoms. The van der Waals surface area contributed by atoms with E-state index in [-0.39, 0.29) is 5.91 Å². The van der Waals surface area contributed by atoms with E-state index in [9.17, 15) is 4.79 Å².